The van der Waals surface area contributed by atoms with Gasteiger partial charge in [0, 0.05) is 51.7 Å². The number of benzene rings is 1. The molecule has 1 fully saturated rings. The molecule has 2 aromatic heterocycles. The summed E-state index contributed by atoms with van der Waals surface area (Å²) in [4.78, 5) is 33.3. The molecule has 4 rings (SSSR count). The number of aromatic nitrogens is 4. The van der Waals surface area contributed by atoms with Gasteiger partial charge in [0.1, 0.15) is 11.6 Å². The molecule has 43 heavy (non-hydrogen) atoms. The predicted octanol–water partition coefficient (Wildman–Crippen LogP) is 2.14. The molecule has 0 bridgehead atoms. The number of methoxy groups -OCH3 is 1. The third-order valence-corrected chi connectivity index (χ3v) is 8.51. The molecular formula is C25H32F3N7O7S. The van der Waals surface area contributed by atoms with Crippen LogP contribution in [0.4, 0.5) is 13.2 Å². The lowest BCUT2D eigenvalue weighted by molar-refractivity contribution is -0.192. The lowest BCUT2D eigenvalue weighted by Gasteiger charge is -2.33. The lowest BCUT2D eigenvalue weighted by atomic mass is 10.1. The Morgan fingerprint density at radius 1 is 1.12 bits per heavy atom. The van der Waals surface area contributed by atoms with Crippen LogP contribution in [-0.2, 0) is 27.9 Å². The molecule has 1 saturated heterocycles. The molecule has 2 N–H and O–H groups in total. The molecule has 14 nitrogen and oxygen atoms in total. The summed E-state index contributed by atoms with van der Waals surface area (Å²) in [7, 11) is -0.876. The van der Waals surface area contributed by atoms with Crippen LogP contribution in [0, 0.1) is 20.8 Å². The van der Waals surface area contributed by atoms with Gasteiger partial charge in [-0.3, -0.25) is 9.69 Å². The molecular weight excluding hydrogens is 599 g/mol. The Hall–Kier alpha value is -4.03. The van der Waals surface area contributed by atoms with Crippen molar-refractivity contribution in [3.05, 3.63) is 52.8 Å². The molecule has 0 unspecified atom stereocenters. The van der Waals surface area contributed by atoms with Crippen LogP contribution in [0.1, 0.15) is 39.2 Å². The average molecular weight is 632 g/mol. The van der Waals surface area contributed by atoms with E-state index in [2.05, 4.69) is 25.1 Å². The van der Waals surface area contributed by atoms with E-state index in [1.165, 1.54) is 14.2 Å². The molecule has 3 aromatic rings. The number of carbonyl (C=O) groups is 2. The van der Waals surface area contributed by atoms with Gasteiger partial charge in [-0.2, -0.15) is 17.5 Å². The van der Waals surface area contributed by atoms with Crippen LogP contribution < -0.4 is 4.74 Å². The molecule has 236 valence electrons. The minimum absolute atomic E-state index is 0.0430. The van der Waals surface area contributed by atoms with Gasteiger partial charge in [-0.05, 0) is 44.0 Å². The number of aliphatic carboxylic acids is 1. The number of rotatable bonds is 8. The molecule has 1 amide bonds. The third kappa shape index (κ3) is 8.51. The number of sulfonamides is 1. The molecule has 0 radical (unpaired) electrons. The summed E-state index contributed by atoms with van der Waals surface area (Å²) in [5, 5.41) is 14.9. The first-order chi connectivity index (χ1) is 20.0. The monoisotopic (exact) mass is 631 g/mol. The highest BCUT2D eigenvalue weighted by atomic mass is 32.2. The maximum atomic E-state index is 13.2. The largest absolute Gasteiger partial charge is 0.497 e. The number of carbonyl (C=O) groups excluding carboxylic acids is 1. The highest BCUT2D eigenvalue weighted by molar-refractivity contribution is 7.89. The molecule has 3 heterocycles. The molecule has 1 aliphatic heterocycles. The second kappa shape index (κ2) is 13.5. The van der Waals surface area contributed by atoms with E-state index in [1.807, 2.05) is 13.1 Å². The molecule has 1 aromatic carbocycles. The van der Waals surface area contributed by atoms with Crippen molar-refractivity contribution in [3.8, 4) is 5.75 Å². The summed E-state index contributed by atoms with van der Waals surface area (Å²) in [6.07, 6.45) is -3.26. The summed E-state index contributed by atoms with van der Waals surface area (Å²) >= 11 is 0. The van der Waals surface area contributed by atoms with Gasteiger partial charge < -0.3 is 24.1 Å². The summed E-state index contributed by atoms with van der Waals surface area (Å²) < 4.78 is 70.1. The normalized spacial score (nSPS) is 14.4. The number of aryl methyl sites for hydroxylation is 3. The van der Waals surface area contributed by atoms with Crippen molar-refractivity contribution in [1.29, 1.82) is 0 Å². The summed E-state index contributed by atoms with van der Waals surface area (Å²) in [6.45, 7) is 8.37. The number of alkyl halides is 3. The van der Waals surface area contributed by atoms with E-state index in [4.69, 9.17) is 19.1 Å². The van der Waals surface area contributed by atoms with Gasteiger partial charge in [-0.1, -0.05) is 0 Å². The van der Waals surface area contributed by atoms with Crippen LogP contribution in [-0.4, -0.2) is 106 Å². The maximum absolute atomic E-state index is 13.2. The zero-order valence-corrected chi connectivity index (χ0v) is 24.9. The van der Waals surface area contributed by atoms with Gasteiger partial charge >= 0.3 is 23.9 Å². The Morgan fingerprint density at radius 3 is 2.19 bits per heavy atom. The van der Waals surface area contributed by atoms with E-state index in [-0.39, 0.29) is 29.1 Å². The van der Waals surface area contributed by atoms with Crippen LogP contribution in [0.25, 0.3) is 0 Å². The first-order valence-corrected chi connectivity index (χ1v) is 14.2. The van der Waals surface area contributed by atoms with Crippen LogP contribution in [0.3, 0.4) is 0 Å². The summed E-state index contributed by atoms with van der Waals surface area (Å²) in [6, 6.07) is 3.35. The van der Waals surface area contributed by atoms with Crippen LogP contribution in [0.5, 0.6) is 5.75 Å². The van der Waals surface area contributed by atoms with Crippen LogP contribution >= 0.6 is 0 Å². The molecule has 0 spiro atoms. The number of aromatic amines is 1. The zero-order chi connectivity index (χ0) is 32.1. The highest BCUT2D eigenvalue weighted by Crippen LogP contribution is 2.28. The van der Waals surface area contributed by atoms with Crippen molar-refractivity contribution >= 4 is 21.9 Å². The topological polar surface area (TPSA) is 175 Å². The average Bonchev–Trinajstić information content (AvgIpc) is 3.56. The van der Waals surface area contributed by atoms with Crippen molar-refractivity contribution in [2.75, 3.05) is 40.3 Å². The first kappa shape index (κ1) is 33.5. The van der Waals surface area contributed by atoms with Crippen molar-refractivity contribution in [3.63, 3.8) is 0 Å². The Bertz CT molecular complexity index is 1530. The van der Waals surface area contributed by atoms with Gasteiger partial charge in [0.25, 0.3) is 0 Å². The molecule has 1 aliphatic rings. The van der Waals surface area contributed by atoms with Gasteiger partial charge in [0.05, 0.1) is 18.6 Å². The van der Waals surface area contributed by atoms with Gasteiger partial charge in [0.15, 0.2) is 0 Å². The lowest BCUT2D eigenvalue weighted by Crippen LogP contribution is -2.48. The SMILES string of the molecule is COc1cc(C)c(S(=O)(=O)N(C)Cc2nnc(C(=O)N3CCN(Cc4cnc(C)[nH]4)CC3)o2)c(C)c1.O=C(O)C(F)(F)F. The Morgan fingerprint density at radius 2 is 1.70 bits per heavy atom. The van der Waals surface area contributed by atoms with Crippen molar-refractivity contribution < 1.29 is 45.4 Å². The number of nitrogens with zero attached hydrogens (tertiary/aromatic N) is 6. The van der Waals surface area contributed by atoms with Crippen molar-refractivity contribution in [1.82, 2.24) is 34.3 Å². The number of halogens is 3. The smallest absolute Gasteiger partial charge is 0.490 e. The summed E-state index contributed by atoms with van der Waals surface area (Å²) in [5.41, 5.74) is 2.18. The number of H-pyrrole nitrogens is 1. The number of carboxylic acids is 1. The number of imidazole rings is 1. The van der Waals surface area contributed by atoms with E-state index in [0.29, 0.717) is 43.1 Å². The fraction of sp³-hybridized carbons (Fsp3) is 0.480. The standard InChI is InChI=1S/C23H31N7O5S.C2HF3O2/c1-15-10-19(34-5)11-16(2)21(15)36(32,33)28(4)14-20-26-27-22(35-20)23(31)30-8-6-29(7-9-30)13-18-12-24-17(3)25-18;3-2(4,5)1(6)7/h10-12H,6-9,13-14H2,1-5H3,(H,24,25);(H,6,7). The van der Waals surface area contributed by atoms with E-state index in [0.717, 1.165) is 22.4 Å². The zero-order valence-electron chi connectivity index (χ0n) is 24.1. The minimum Gasteiger partial charge on any atom is -0.497 e. The highest BCUT2D eigenvalue weighted by Gasteiger charge is 2.38. The second-order valence-corrected chi connectivity index (χ2v) is 11.7. The number of piperazine rings is 1. The molecule has 0 saturated carbocycles. The number of hydrogen-bond acceptors (Lipinski definition) is 10. The van der Waals surface area contributed by atoms with Crippen LogP contribution in [0.15, 0.2) is 27.6 Å². The quantitative estimate of drug-likeness (QED) is 0.373. The fourth-order valence-corrected chi connectivity index (χ4v) is 5.83. The van der Waals surface area contributed by atoms with E-state index in [9.17, 15) is 26.4 Å². The molecule has 0 atom stereocenters. The van der Waals surface area contributed by atoms with Gasteiger partial charge in [-0.25, -0.2) is 18.2 Å². The second-order valence-electron chi connectivity index (χ2n) is 9.72. The third-order valence-electron chi connectivity index (χ3n) is 6.40. The van der Waals surface area contributed by atoms with E-state index in [1.54, 1.807) is 30.9 Å². The van der Waals surface area contributed by atoms with Gasteiger partial charge in [-0.15, -0.1) is 10.2 Å². The predicted molar refractivity (Wildman–Crippen MR) is 144 cm³/mol. The van der Waals surface area contributed by atoms with E-state index < -0.39 is 22.2 Å². The number of nitrogens with one attached hydrogen (secondary N) is 1. The fourth-order valence-electron chi connectivity index (χ4n) is 4.31. The maximum Gasteiger partial charge on any atom is 0.490 e. The number of carboxylic acid groups (broad SMARTS) is 1. The first-order valence-electron chi connectivity index (χ1n) is 12.8. The minimum atomic E-state index is -5.08. The van der Waals surface area contributed by atoms with Gasteiger partial charge in [0.2, 0.25) is 15.9 Å². The Kier molecular flexibility index (Phi) is 10.5. The Labute approximate surface area is 245 Å². The number of amides is 1. The number of ether oxygens (including phenoxy) is 1. The van der Waals surface area contributed by atoms with Crippen LogP contribution in [0.2, 0.25) is 0 Å². The Balaban J connectivity index is 0.000000646. The van der Waals surface area contributed by atoms with E-state index >= 15 is 0 Å². The number of hydrogen-bond donors (Lipinski definition) is 2. The summed E-state index contributed by atoms with van der Waals surface area (Å²) in [5.74, 6) is -1.76. The molecule has 18 heteroatoms. The molecule has 0 aliphatic carbocycles. The van der Waals surface area contributed by atoms with Crippen molar-refractivity contribution in [2.45, 2.75) is 44.9 Å². The van der Waals surface area contributed by atoms with Crippen molar-refractivity contribution in [2.24, 2.45) is 0 Å².